The highest BCUT2D eigenvalue weighted by molar-refractivity contribution is 7.99. The molecule has 1 aliphatic rings. The van der Waals surface area contributed by atoms with Gasteiger partial charge in [-0.1, -0.05) is 43.2 Å². The summed E-state index contributed by atoms with van der Waals surface area (Å²) in [6, 6.07) is 7.78. The minimum Gasteiger partial charge on any atom is -0.353 e. The zero-order chi connectivity index (χ0) is 19.2. The quantitative estimate of drug-likeness (QED) is 0.744. The summed E-state index contributed by atoms with van der Waals surface area (Å²) in [4.78, 5) is 23.4. The average molecular weight is 388 g/mol. The average Bonchev–Trinajstić information content (AvgIpc) is 3.01. The molecule has 1 aromatic heterocycles. The van der Waals surface area contributed by atoms with Crippen molar-refractivity contribution < 1.29 is 9.59 Å². The van der Waals surface area contributed by atoms with Crippen LogP contribution in [0.15, 0.2) is 29.4 Å². The fraction of sp³-hybridized carbons (Fsp3) is 0.474. The van der Waals surface area contributed by atoms with E-state index in [0.717, 1.165) is 18.4 Å². The first kappa shape index (κ1) is 19.4. The number of thioether (sulfide) groups is 1. The monoisotopic (exact) mass is 387 g/mol. The first-order valence-corrected chi connectivity index (χ1v) is 10.2. The Balaban J connectivity index is 1.61. The molecular weight excluding hydrogens is 362 g/mol. The Bertz CT molecular complexity index is 814. The molecule has 144 valence electrons. The van der Waals surface area contributed by atoms with Gasteiger partial charge in [0.2, 0.25) is 11.8 Å². The number of nitrogens with zero attached hydrogens (tertiary/aromatic N) is 3. The van der Waals surface area contributed by atoms with Crippen molar-refractivity contribution >= 4 is 29.3 Å². The van der Waals surface area contributed by atoms with E-state index in [-0.39, 0.29) is 11.8 Å². The molecule has 0 aliphatic heterocycles. The topological polar surface area (TPSA) is 88.9 Å². The van der Waals surface area contributed by atoms with Crippen molar-refractivity contribution in [3.63, 3.8) is 0 Å². The van der Waals surface area contributed by atoms with Crippen molar-refractivity contribution in [1.82, 2.24) is 20.1 Å². The second-order valence-electron chi connectivity index (χ2n) is 6.82. The Kier molecular flexibility index (Phi) is 6.49. The van der Waals surface area contributed by atoms with Gasteiger partial charge in [-0.2, -0.15) is 0 Å². The number of rotatable bonds is 6. The van der Waals surface area contributed by atoms with Crippen LogP contribution in [0.5, 0.6) is 0 Å². The van der Waals surface area contributed by atoms with Gasteiger partial charge in [-0.05, 0) is 25.0 Å². The first-order valence-electron chi connectivity index (χ1n) is 9.22. The molecule has 1 saturated carbocycles. The molecule has 1 aromatic carbocycles. The SMILES string of the molecule is CC(=O)Nc1cccc(-c2nnc(SCC(=O)NC3CCCCC3)n2C)c1. The van der Waals surface area contributed by atoms with E-state index in [2.05, 4.69) is 20.8 Å². The first-order chi connectivity index (χ1) is 13.0. The molecule has 7 nitrogen and oxygen atoms in total. The standard InChI is InChI=1S/C19H25N5O2S/c1-13(25)20-16-10-6-7-14(11-16)18-22-23-19(24(18)2)27-12-17(26)21-15-8-4-3-5-9-15/h6-7,10-11,15H,3-5,8-9,12H2,1-2H3,(H,20,25)(H,21,26). The number of anilines is 1. The largest absolute Gasteiger partial charge is 0.353 e. The summed E-state index contributed by atoms with van der Waals surface area (Å²) in [5.41, 5.74) is 1.57. The summed E-state index contributed by atoms with van der Waals surface area (Å²) in [5, 5.41) is 15.0. The second-order valence-corrected chi connectivity index (χ2v) is 7.76. The molecule has 27 heavy (non-hydrogen) atoms. The molecule has 0 unspecified atom stereocenters. The number of benzene rings is 1. The lowest BCUT2D eigenvalue weighted by molar-refractivity contribution is -0.119. The molecule has 0 spiro atoms. The summed E-state index contributed by atoms with van der Waals surface area (Å²) in [6.07, 6.45) is 5.82. The summed E-state index contributed by atoms with van der Waals surface area (Å²) in [5.74, 6) is 0.945. The fourth-order valence-corrected chi connectivity index (χ4v) is 4.00. The molecule has 2 aromatic rings. The molecule has 2 N–H and O–H groups in total. The number of hydrogen-bond donors (Lipinski definition) is 2. The third-order valence-corrected chi connectivity index (χ3v) is 5.60. The molecule has 2 amide bonds. The molecule has 0 saturated heterocycles. The summed E-state index contributed by atoms with van der Waals surface area (Å²) < 4.78 is 1.87. The molecule has 1 aliphatic carbocycles. The zero-order valence-corrected chi connectivity index (χ0v) is 16.5. The van der Waals surface area contributed by atoms with Gasteiger partial charge in [0.05, 0.1) is 5.75 Å². The van der Waals surface area contributed by atoms with Gasteiger partial charge in [-0.15, -0.1) is 10.2 Å². The van der Waals surface area contributed by atoms with Gasteiger partial charge in [-0.25, -0.2) is 0 Å². The normalized spacial score (nSPS) is 14.7. The maximum absolute atomic E-state index is 12.2. The van der Waals surface area contributed by atoms with Crippen molar-refractivity contribution in [3.05, 3.63) is 24.3 Å². The maximum atomic E-state index is 12.2. The number of amides is 2. The lowest BCUT2D eigenvalue weighted by Crippen LogP contribution is -2.37. The Morgan fingerprint density at radius 2 is 2.00 bits per heavy atom. The number of hydrogen-bond acceptors (Lipinski definition) is 5. The van der Waals surface area contributed by atoms with Crippen LogP contribution in [0.1, 0.15) is 39.0 Å². The Morgan fingerprint density at radius 3 is 2.74 bits per heavy atom. The molecule has 0 atom stereocenters. The van der Waals surface area contributed by atoms with Gasteiger partial charge in [0.25, 0.3) is 0 Å². The van der Waals surface area contributed by atoms with Gasteiger partial charge < -0.3 is 15.2 Å². The van der Waals surface area contributed by atoms with Gasteiger partial charge in [0, 0.05) is 31.3 Å². The third-order valence-electron chi connectivity index (χ3n) is 4.58. The molecule has 8 heteroatoms. The minimum absolute atomic E-state index is 0.0455. The Labute approximate surface area is 163 Å². The van der Waals surface area contributed by atoms with Crippen LogP contribution in [0.3, 0.4) is 0 Å². The lowest BCUT2D eigenvalue weighted by Gasteiger charge is -2.22. The van der Waals surface area contributed by atoms with Crippen LogP contribution in [-0.2, 0) is 16.6 Å². The van der Waals surface area contributed by atoms with Crippen LogP contribution in [-0.4, -0.2) is 38.4 Å². The summed E-state index contributed by atoms with van der Waals surface area (Å²) in [6.45, 7) is 1.47. The van der Waals surface area contributed by atoms with E-state index in [1.807, 2.05) is 35.9 Å². The molecular formula is C19H25N5O2S. The fourth-order valence-electron chi connectivity index (χ4n) is 3.28. The number of nitrogens with one attached hydrogen (secondary N) is 2. The molecule has 1 heterocycles. The summed E-state index contributed by atoms with van der Waals surface area (Å²) in [7, 11) is 1.88. The van der Waals surface area contributed by atoms with Gasteiger partial charge in [0.1, 0.15) is 0 Å². The van der Waals surface area contributed by atoms with Crippen molar-refractivity contribution in [2.24, 2.45) is 7.05 Å². The Morgan fingerprint density at radius 1 is 1.22 bits per heavy atom. The predicted octanol–water partition coefficient (Wildman–Crippen LogP) is 2.98. The number of carbonyl (C=O) groups excluding carboxylic acids is 2. The van der Waals surface area contributed by atoms with E-state index in [1.54, 1.807) is 0 Å². The van der Waals surface area contributed by atoms with Crippen molar-refractivity contribution in [2.75, 3.05) is 11.1 Å². The van der Waals surface area contributed by atoms with Crippen LogP contribution in [0, 0.1) is 0 Å². The molecule has 3 rings (SSSR count). The van der Waals surface area contributed by atoms with E-state index < -0.39 is 0 Å². The molecule has 0 bridgehead atoms. The van der Waals surface area contributed by atoms with E-state index in [4.69, 9.17) is 0 Å². The van der Waals surface area contributed by atoms with E-state index in [0.29, 0.717) is 28.5 Å². The van der Waals surface area contributed by atoms with E-state index in [1.165, 1.54) is 37.9 Å². The minimum atomic E-state index is -0.120. The number of carbonyl (C=O) groups is 2. The van der Waals surface area contributed by atoms with Crippen LogP contribution in [0.25, 0.3) is 11.4 Å². The predicted molar refractivity (Wildman–Crippen MR) is 106 cm³/mol. The van der Waals surface area contributed by atoms with E-state index >= 15 is 0 Å². The molecule has 0 radical (unpaired) electrons. The highest BCUT2D eigenvalue weighted by Gasteiger charge is 2.17. The Hall–Kier alpha value is -2.35. The molecule has 1 fully saturated rings. The highest BCUT2D eigenvalue weighted by atomic mass is 32.2. The van der Waals surface area contributed by atoms with Crippen molar-refractivity contribution in [2.45, 2.75) is 50.2 Å². The van der Waals surface area contributed by atoms with Crippen LogP contribution < -0.4 is 10.6 Å². The van der Waals surface area contributed by atoms with Crippen molar-refractivity contribution in [1.29, 1.82) is 0 Å². The second kappa shape index (κ2) is 9.03. The smallest absolute Gasteiger partial charge is 0.230 e. The van der Waals surface area contributed by atoms with Crippen molar-refractivity contribution in [3.8, 4) is 11.4 Å². The van der Waals surface area contributed by atoms with E-state index in [9.17, 15) is 9.59 Å². The van der Waals surface area contributed by atoms with Crippen LogP contribution in [0.4, 0.5) is 5.69 Å². The van der Waals surface area contributed by atoms with Gasteiger partial charge in [-0.3, -0.25) is 9.59 Å². The summed E-state index contributed by atoms with van der Waals surface area (Å²) >= 11 is 1.38. The number of aromatic nitrogens is 3. The van der Waals surface area contributed by atoms with Crippen LogP contribution >= 0.6 is 11.8 Å². The lowest BCUT2D eigenvalue weighted by atomic mass is 9.95. The zero-order valence-electron chi connectivity index (χ0n) is 15.7. The van der Waals surface area contributed by atoms with Gasteiger partial charge >= 0.3 is 0 Å². The van der Waals surface area contributed by atoms with Crippen LogP contribution in [0.2, 0.25) is 0 Å². The highest BCUT2D eigenvalue weighted by Crippen LogP contribution is 2.25. The van der Waals surface area contributed by atoms with Gasteiger partial charge in [0.15, 0.2) is 11.0 Å². The third kappa shape index (κ3) is 5.32. The maximum Gasteiger partial charge on any atom is 0.230 e.